The molecule has 0 fully saturated rings. The van der Waals surface area contributed by atoms with Crippen molar-refractivity contribution in [1.82, 2.24) is 23.7 Å². The summed E-state index contributed by atoms with van der Waals surface area (Å²) in [6, 6.07) is 13.1. The molecule has 5 nitrogen and oxygen atoms in total. The minimum absolute atomic E-state index is 0.843. The Hall–Kier alpha value is -4.22. The molecule has 0 aliphatic carbocycles. The topological polar surface area (TPSA) is 40.6 Å². The molecule has 5 rings (SSSR count). The van der Waals surface area contributed by atoms with E-state index in [2.05, 4.69) is 117 Å². The van der Waals surface area contributed by atoms with Crippen LogP contribution in [0.4, 0.5) is 0 Å². The van der Waals surface area contributed by atoms with Crippen LogP contribution >= 0.6 is 0 Å². The van der Waals surface area contributed by atoms with Crippen molar-refractivity contribution in [3.8, 4) is 23.7 Å². The van der Waals surface area contributed by atoms with Gasteiger partial charge in [0.1, 0.15) is 0 Å². The number of rotatable bonds is 17. The van der Waals surface area contributed by atoms with E-state index >= 15 is 0 Å². The molecule has 0 amide bonds. The molecule has 5 aromatic rings. The van der Waals surface area contributed by atoms with Gasteiger partial charge in [0.25, 0.3) is 0 Å². The number of imidazole rings is 2. The van der Waals surface area contributed by atoms with E-state index in [1.54, 1.807) is 0 Å². The number of benzene rings is 2. The third-order valence-corrected chi connectivity index (χ3v) is 9.25. The zero-order valence-electron chi connectivity index (χ0n) is 29.0. The first-order valence-corrected chi connectivity index (χ1v) is 18.3. The number of fused-ring (bicyclic) bond motifs is 3. The van der Waals surface area contributed by atoms with Gasteiger partial charge >= 0.3 is 0 Å². The highest BCUT2D eigenvalue weighted by molar-refractivity contribution is 6.09. The lowest BCUT2D eigenvalue weighted by Gasteiger charge is -2.04. The van der Waals surface area contributed by atoms with Crippen molar-refractivity contribution in [1.29, 1.82) is 0 Å². The van der Waals surface area contributed by atoms with Crippen LogP contribution in [0.1, 0.15) is 133 Å². The van der Waals surface area contributed by atoms with E-state index in [0.29, 0.717) is 0 Å². The van der Waals surface area contributed by atoms with Gasteiger partial charge in [0, 0.05) is 77.4 Å². The molecule has 0 aliphatic rings. The molecular weight excluding hydrogens is 574 g/mol. The monoisotopic (exact) mass is 627 g/mol. The Bertz CT molecular complexity index is 1700. The Balaban J connectivity index is 1.29. The van der Waals surface area contributed by atoms with E-state index in [4.69, 9.17) is 0 Å². The van der Waals surface area contributed by atoms with Crippen LogP contribution in [-0.2, 0) is 19.6 Å². The van der Waals surface area contributed by atoms with E-state index in [-0.39, 0.29) is 0 Å². The van der Waals surface area contributed by atoms with E-state index in [1.807, 2.05) is 12.4 Å². The highest BCUT2D eigenvalue weighted by Crippen LogP contribution is 2.30. The molecule has 3 heterocycles. The zero-order chi connectivity index (χ0) is 32.7. The van der Waals surface area contributed by atoms with Crippen molar-refractivity contribution in [3.05, 3.63) is 84.0 Å². The molecule has 0 N–H and O–H groups in total. The maximum atomic E-state index is 4.56. The maximum Gasteiger partial charge on any atom is 0.185 e. The van der Waals surface area contributed by atoms with E-state index in [9.17, 15) is 0 Å². The van der Waals surface area contributed by atoms with Crippen molar-refractivity contribution < 1.29 is 0 Å². The lowest BCUT2D eigenvalue weighted by atomic mass is 10.1. The fourth-order valence-corrected chi connectivity index (χ4v) is 6.56. The SMILES string of the molecule is CCCCCCCCCn1ccnc1C#Cc1ccc2c(c1)c1cc(C#Cc3nccn3CCCCCCCCC)ccc1n2CC. The van der Waals surface area contributed by atoms with Crippen molar-refractivity contribution in [2.75, 3.05) is 0 Å². The third-order valence-electron chi connectivity index (χ3n) is 9.25. The number of nitrogens with zero attached hydrogens (tertiary/aromatic N) is 5. The molecule has 3 aromatic heterocycles. The van der Waals surface area contributed by atoms with Crippen LogP contribution in [0.5, 0.6) is 0 Å². The van der Waals surface area contributed by atoms with Crippen molar-refractivity contribution >= 4 is 21.8 Å². The van der Waals surface area contributed by atoms with Crippen molar-refractivity contribution in [3.63, 3.8) is 0 Å². The summed E-state index contributed by atoms with van der Waals surface area (Å²) in [5.41, 5.74) is 4.46. The lowest BCUT2D eigenvalue weighted by molar-refractivity contribution is 0.548. The summed E-state index contributed by atoms with van der Waals surface area (Å²) < 4.78 is 6.78. The summed E-state index contributed by atoms with van der Waals surface area (Å²) in [5, 5.41) is 2.42. The van der Waals surface area contributed by atoms with Crippen molar-refractivity contribution in [2.24, 2.45) is 0 Å². The molecule has 0 aliphatic heterocycles. The summed E-state index contributed by atoms with van der Waals surface area (Å²) in [7, 11) is 0. The van der Waals surface area contributed by atoms with Crippen LogP contribution in [0.15, 0.2) is 61.2 Å². The molecule has 2 aromatic carbocycles. The van der Waals surface area contributed by atoms with Gasteiger partial charge in [0.15, 0.2) is 11.6 Å². The summed E-state index contributed by atoms with van der Waals surface area (Å²) in [5.74, 6) is 15.2. The van der Waals surface area contributed by atoms with Gasteiger partial charge in [-0.3, -0.25) is 0 Å². The average molecular weight is 628 g/mol. The second kappa shape index (κ2) is 18.2. The van der Waals surface area contributed by atoms with Crippen molar-refractivity contribution in [2.45, 2.75) is 130 Å². The van der Waals surface area contributed by atoms with E-state index in [0.717, 1.165) is 42.4 Å². The standard InChI is InChI=1S/C42H53N5/c1-4-7-9-11-13-15-17-29-45-31-27-43-41(45)25-21-35-19-23-39-37(33-35)38-34-36(20-24-40(38)47(39)6-3)22-26-42-44-28-32-46(42)30-18-16-14-12-10-8-5-2/h19-20,23-24,27-28,31-34H,4-18,29-30H2,1-3H3. The summed E-state index contributed by atoms with van der Waals surface area (Å²) in [6.07, 6.45) is 26.1. The maximum absolute atomic E-state index is 4.56. The van der Waals surface area contributed by atoms with Gasteiger partial charge in [-0.1, -0.05) is 103 Å². The molecule has 5 heteroatoms. The van der Waals surface area contributed by atoms with Crippen LogP contribution < -0.4 is 0 Å². The van der Waals surface area contributed by atoms with Crippen LogP contribution in [0.3, 0.4) is 0 Å². The number of hydrogen-bond acceptors (Lipinski definition) is 2. The summed E-state index contributed by atoms with van der Waals surface area (Å²) in [6.45, 7) is 9.60. The van der Waals surface area contributed by atoms with Gasteiger partial charge < -0.3 is 13.7 Å². The molecule has 0 spiro atoms. The molecular formula is C42H53N5. The first-order valence-electron chi connectivity index (χ1n) is 18.3. The molecule has 0 saturated heterocycles. The number of hydrogen-bond donors (Lipinski definition) is 0. The largest absolute Gasteiger partial charge is 0.341 e. The number of unbranched alkanes of at least 4 members (excludes halogenated alkanes) is 12. The molecule has 0 atom stereocenters. The quantitative estimate of drug-likeness (QED) is 0.0760. The number of aryl methyl sites for hydroxylation is 3. The van der Waals surface area contributed by atoms with Gasteiger partial charge in [-0.2, -0.15) is 0 Å². The van der Waals surface area contributed by atoms with E-state index < -0.39 is 0 Å². The fourth-order valence-electron chi connectivity index (χ4n) is 6.56. The molecule has 0 saturated carbocycles. The Kier molecular flexibility index (Phi) is 13.2. The fraction of sp³-hybridized carbons (Fsp3) is 0.476. The number of aromatic nitrogens is 5. The minimum Gasteiger partial charge on any atom is -0.341 e. The van der Waals surface area contributed by atoms with Gasteiger partial charge in [-0.05, 0) is 68.0 Å². The summed E-state index contributed by atoms with van der Waals surface area (Å²) in [4.78, 5) is 9.11. The minimum atomic E-state index is 0.843. The van der Waals surface area contributed by atoms with Crippen LogP contribution in [-0.4, -0.2) is 23.7 Å². The average Bonchev–Trinajstić information content (AvgIpc) is 3.82. The first kappa shape index (κ1) is 34.1. The highest BCUT2D eigenvalue weighted by atomic mass is 15.1. The highest BCUT2D eigenvalue weighted by Gasteiger charge is 2.11. The normalized spacial score (nSPS) is 11.1. The van der Waals surface area contributed by atoms with Gasteiger partial charge in [-0.15, -0.1) is 0 Å². The Labute approximate surface area is 282 Å². The first-order chi connectivity index (χ1) is 23.2. The van der Waals surface area contributed by atoms with Gasteiger partial charge in [0.2, 0.25) is 0 Å². The van der Waals surface area contributed by atoms with Crippen LogP contribution in [0, 0.1) is 23.7 Å². The van der Waals surface area contributed by atoms with E-state index in [1.165, 1.54) is 112 Å². The summed E-state index contributed by atoms with van der Waals surface area (Å²) >= 11 is 0. The molecule has 0 unspecified atom stereocenters. The second-order valence-electron chi connectivity index (χ2n) is 12.8. The zero-order valence-corrected chi connectivity index (χ0v) is 29.0. The van der Waals surface area contributed by atoms with Gasteiger partial charge in [-0.25, -0.2) is 9.97 Å². The molecule has 0 bridgehead atoms. The smallest absolute Gasteiger partial charge is 0.185 e. The lowest BCUT2D eigenvalue weighted by Crippen LogP contribution is -2.00. The molecule has 0 radical (unpaired) electrons. The third kappa shape index (κ3) is 9.42. The Morgan fingerprint density at radius 2 is 0.936 bits per heavy atom. The second-order valence-corrected chi connectivity index (χ2v) is 12.8. The molecule has 47 heavy (non-hydrogen) atoms. The predicted molar refractivity (Wildman–Crippen MR) is 198 cm³/mol. The van der Waals surface area contributed by atoms with Gasteiger partial charge in [0.05, 0.1) is 0 Å². The Morgan fingerprint density at radius 1 is 0.511 bits per heavy atom. The van der Waals surface area contributed by atoms with Crippen LogP contribution in [0.2, 0.25) is 0 Å². The van der Waals surface area contributed by atoms with Crippen LogP contribution in [0.25, 0.3) is 21.8 Å². The predicted octanol–water partition coefficient (Wildman–Crippen LogP) is 10.5. The Morgan fingerprint density at radius 3 is 1.36 bits per heavy atom. The molecule has 246 valence electrons.